The van der Waals surface area contributed by atoms with E-state index in [4.69, 9.17) is 47.9 Å². The second-order valence-corrected chi connectivity index (χ2v) is 8.10. The smallest absolute Gasteiger partial charge is 0.305 e. The van der Waals surface area contributed by atoms with Crippen molar-refractivity contribution in [2.24, 2.45) is 5.73 Å². The lowest BCUT2D eigenvalue weighted by Crippen LogP contribution is -2.33. The van der Waals surface area contributed by atoms with Crippen LogP contribution in [0.5, 0.6) is 17.2 Å². The van der Waals surface area contributed by atoms with Gasteiger partial charge in [0.15, 0.2) is 17.2 Å². The van der Waals surface area contributed by atoms with Gasteiger partial charge < -0.3 is 29.4 Å². The molecule has 0 aliphatic rings. The fourth-order valence-electron chi connectivity index (χ4n) is 2.68. The molecule has 1 aromatic heterocycles. The van der Waals surface area contributed by atoms with Gasteiger partial charge in [-0.3, -0.25) is 14.4 Å². The van der Waals surface area contributed by atoms with Crippen molar-refractivity contribution < 1.29 is 38.1 Å². The zero-order chi connectivity index (χ0) is 28.0. The number of esters is 2. The van der Waals surface area contributed by atoms with Crippen molar-refractivity contribution in [1.82, 2.24) is 4.98 Å². The fourth-order valence-corrected chi connectivity index (χ4v) is 3.13. The summed E-state index contributed by atoms with van der Waals surface area (Å²) in [7, 11) is 1.40. The van der Waals surface area contributed by atoms with E-state index in [1.165, 1.54) is 26.3 Å². The SMILES string of the molecule is C=CC[C@@H](Oc1ccc(Cl)cc1Cl)C(C)OC(=O)CC.COc1ccnc(C(N)=O)c1OCOC(C)=O. The van der Waals surface area contributed by atoms with Gasteiger partial charge in [-0.25, -0.2) is 4.98 Å². The van der Waals surface area contributed by atoms with E-state index in [0.29, 0.717) is 28.6 Å². The summed E-state index contributed by atoms with van der Waals surface area (Å²) < 4.78 is 25.7. The third-order valence-electron chi connectivity index (χ3n) is 4.49. The molecule has 0 aliphatic carbocycles. The molecule has 0 radical (unpaired) electrons. The van der Waals surface area contributed by atoms with E-state index in [1.807, 2.05) is 0 Å². The minimum absolute atomic E-state index is 0.0451. The molecule has 1 heterocycles. The molecule has 0 saturated carbocycles. The number of halogens is 2. The zero-order valence-electron chi connectivity index (χ0n) is 21.0. The summed E-state index contributed by atoms with van der Waals surface area (Å²) in [5.41, 5.74) is 5.04. The van der Waals surface area contributed by atoms with Crippen LogP contribution in [-0.2, 0) is 19.1 Å². The lowest BCUT2D eigenvalue weighted by molar-refractivity contribution is -0.152. The predicted molar refractivity (Wildman–Crippen MR) is 138 cm³/mol. The number of carbonyl (C=O) groups excluding carboxylic acids is 3. The number of rotatable bonds is 12. The van der Waals surface area contributed by atoms with Crippen LogP contribution in [0.15, 0.2) is 43.1 Å². The van der Waals surface area contributed by atoms with Crippen molar-refractivity contribution >= 4 is 41.0 Å². The number of primary amides is 1. The number of hydrogen-bond donors (Lipinski definition) is 1. The van der Waals surface area contributed by atoms with Crippen LogP contribution in [0.2, 0.25) is 10.0 Å². The molecule has 2 rings (SSSR count). The monoisotopic (exact) mass is 556 g/mol. The summed E-state index contributed by atoms with van der Waals surface area (Å²) in [6.07, 6.45) is 3.20. The highest BCUT2D eigenvalue weighted by Gasteiger charge is 2.22. The topological polar surface area (TPSA) is 136 Å². The molecule has 1 unspecified atom stereocenters. The molecule has 37 heavy (non-hydrogen) atoms. The number of aromatic nitrogens is 1. The van der Waals surface area contributed by atoms with Crippen LogP contribution in [0, 0.1) is 0 Å². The van der Waals surface area contributed by atoms with E-state index < -0.39 is 18.0 Å². The molecular weight excluding hydrogens is 527 g/mol. The molecule has 2 aromatic rings. The molecular formula is C25H30Cl2N2O8. The molecule has 0 aliphatic heterocycles. The van der Waals surface area contributed by atoms with Gasteiger partial charge in [-0.2, -0.15) is 0 Å². The standard InChI is InChI=1S/C15H18Cl2O3.C10H12N2O5/c1-4-6-13(10(3)19-15(18)5-2)20-14-8-7-11(16)9-12(14)17;1-6(13)16-5-17-9-7(15-2)3-4-12-8(9)10(11)14/h4,7-10,13H,1,5-6H2,2-3H3;3-4H,5H2,1-2H3,(H2,11,14)/t10?,13-;/m1./s1. The summed E-state index contributed by atoms with van der Waals surface area (Å²) >= 11 is 11.9. The van der Waals surface area contributed by atoms with Crippen LogP contribution in [0.1, 0.15) is 44.1 Å². The first-order valence-corrected chi connectivity index (χ1v) is 11.8. The number of carbonyl (C=O) groups is 3. The highest BCUT2D eigenvalue weighted by molar-refractivity contribution is 6.35. The quantitative estimate of drug-likeness (QED) is 0.223. The maximum absolute atomic E-state index is 11.3. The first-order valence-electron chi connectivity index (χ1n) is 11.0. The van der Waals surface area contributed by atoms with Gasteiger partial charge in [0, 0.05) is 37.1 Å². The molecule has 0 spiro atoms. The van der Waals surface area contributed by atoms with Crippen molar-refractivity contribution in [3.8, 4) is 17.2 Å². The first-order chi connectivity index (χ1) is 17.5. The van der Waals surface area contributed by atoms with Crippen LogP contribution >= 0.6 is 23.2 Å². The van der Waals surface area contributed by atoms with E-state index in [0.717, 1.165) is 0 Å². The lowest BCUT2D eigenvalue weighted by Gasteiger charge is -2.24. The van der Waals surface area contributed by atoms with E-state index in [-0.39, 0.29) is 36.1 Å². The van der Waals surface area contributed by atoms with Crippen LogP contribution in [-0.4, -0.2) is 48.9 Å². The maximum Gasteiger partial charge on any atom is 0.305 e. The number of ether oxygens (including phenoxy) is 5. The highest BCUT2D eigenvalue weighted by atomic mass is 35.5. The molecule has 0 saturated heterocycles. The number of nitrogens with zero attached hydrogens (tertiary/aromatic N) is 1. The molecule has 10 nitrogen and oxygen atoms in total. The Hall–Kier alpha value is -3.50. The van der Waals surface area contributed by atoms with E-state index in [9.17, 15) is 14.4 Å². The van der Waals surface area contributed by atoms with Gasteiger partial charge in [-0.1, -0.05) is 36.2 Å². The number of amides is 1. The van der Waals surface area contributed by atoms with Crippen molar-refractivity contribution in [2.75, 3.05) is 13.9 Å². The summed E-state index contributed by atoms with van der Waals surface area (Å²) in [4.78, 5) is 36.8. The van der Waals surface area contributed by atoms with Crippen molar-refractivity contribution in [3.05, 3.63) is 58.9 Å². The van der Waals surface area contributed by atoms with Gasteiger partial charge in [-0.05, 0) is 25.1 Å². The van der Waals surface area contributed by atoms with Crippen LogP contribution in [0.25, 0.3) is 0 Å². The fraction of sp³-hybridized carbons (Fsp3) is 0.360. The van der Waals surface area contributed by atoms with E-state index in [2.05, 4.69) is 16.3 Å². The Morgan fingerprint density at radius 1 is 1.19 bits per heavy atom. The summed E-state index contributed by atoms with van der Waals surface area (Å²) in [5.74, 6) is -0.709. The van der Waals surface area contributed by atoms with E-state index in [1.54, 1.807) is 38.1 Å². The van der Waals surface area contributed by atoms with Gasteiger partial charge in [0.25, 0.3) is 5.91 Å². The highest BCUT2D eigenvalue weighted by Crippen LogP contribution is 2.30. The maximum atomic E-state index is 11.3. The van der Waals surface area contributed by atoms with Gasteiger partial charge in [0.05, 0.1) is 12.1 Å². The second kappa shape index (κ2) is 16.3. The molecule has 2 atom stereocenters. The molecule has 0 fully saturated rings. The van der Waals surface area contributed by atoms with Gasteiger partial charge in [0.2, 0.25) is 6.79 Å². The Labute approximate surface area is 225 Å². The van der Waals surface area contributed by atoms with Gasteiger partial charge in [-0.15, -0.1) is 6.58 Å². The predicted octanol–water partition coefficient (Wildman–Crippen LogP) is 4.75. The Morgan fingerprint density at radius 3 is 2.43 bits per heavy atom. The largest absolute Gasteiger partial charge is 0.493 e. The number of pyridine rings is 1. The molecule has 2 N–H and O–H groups in total. The number of benzene rings is 1. The van der Waals surface area contributed by atoms with Crippen LogP contribution < -0.4 is 19.9 Å². The molecule has 12 heteroatoms. The lowest BCUT2D eigenvalue weighted by atomic mass is 10.1. The van der Waals surface area contributed by atoms with Crippen LogP contribution in [0.3, 0.4) is 0 Å². The summed E-state index contributed by atoms with van der Waals surface area (Å²) in [5, 5.41) is 0.952. The summed E-state index contributed by atoms with van der Waals surface area (Å²) in [6.45, 7) is 8.10. The average molecular weight is 557 g/mol. The van der Waals surface area contributed by atoms with Crippen molar-refractivity contribution in [3.63, 3.8) is 0 Å². The third kappa shape index (κ3) is 11.0. The Kier molecular flexibility index (Phi) is 13.9. The molecule has 1 amide bonds. The Morgan fingerprint density at radius 2 is 1.89 bits per heavy atom. The third-order valence-corrected chi connectivity index (χ3v) is 5.02. The molecule has 1 aromatic carbocycles. The normalized spacial score (nSPS) is 11.6. The number of nitrogens with two attached hydrogens (primary N) is 1. The summed E-state index contributed by atoms with van der Waals surface area (Å²) in [6, 6.07) is 6.48. The molecule has 202 valence electrons. The minimum Gasteiger partial charge on any atom is -0.493 e. The van der Waals surface area contributed by atoms with Gasteiger partial charge in [0.1, 0.15) is 18.0 Å². The van der Waals surface area contributed by atoms with Crippen LogP contribution in [0.4, 0.5) is 0 Å². The average Bonchev–Trinajstić information content (AvgIpc) is 2.85. The second-order valence-electron chi connectivity index (χ2n) is 7.26. The zero-order valence-corrected chi connectivity index (χ0v) is 22.5. The first kappa shape index (κ1) is 31.5. The van der Waals surface area contributed by atoms with Crippen molar-refractivity contribution in [2.45, 2.75) is 45.8 Å². The number of hydrogen-bond acceptors (Lipinski definition) is 9. The minimum atomic E-state index is -0.762. The van der Waals surface area contributed by atoms with Crippen molar-refractivity contribution in [1.29, 1.82) is 0 Å². The van der Waals surface area contributed by atoms with E-state index >= 15 is 0 Å². The number of methoxy groups -OCH3 is 1. The molecule has 0 bridgehead atoms. The van der Waals surface area contributed by atoms with Gasteiger partial charge >= 0.3 is 11.9 Å². The Bertz CT molecular complexity index is 1080. The Balaban J connectivity index is 0.000000375.